The van der Waals surface area contributed by atoms with Gasteiger partial charge in [0, 0.05) is 12.7 Å². The third-order valence-electron chi connectivity index (χ3n) is 1.91. The van der Waals surface area contributed by atoms with Gasteiger partial charge in [0.15, 0.2) is 0 Å². The van der Waals surface area contributed by atoms with Crippen molar-refractivity contribution in [3.63, 3.8) is 0 Å². The Kier molecular flexibility index (Phi) is 3.10. The molecule has 1 aromatic heterocycles. The number of anilines is 1. The van der Waals surface area contributed by atoms with Gasteiger partial charge in [-0.15, -0.1) is 0 Å². The third kappa shape index (κ3) is 2.54. The van der Waals surface area contributed by atoms with Crippen LogP contribution < -0.4 is 5.73 Å². The molecule has 1 rings (SSSR count). The molecule has 0 saturated heterocycles. The summed E-state index contributed by atoms with van der Waals surface area (Å²) in [6.07, 6.45) is 1.90. The van der Waals surface area contributed by atoms with Crippen LogP contribution in [0.2, 0.25) is 0 Å². The van der Waals surface area contributed by atoms with Crippen LogP contribution in [0.25, 0.3) is 0 Å². The van der Waals surface area contributed by atoms with Crippen molar-refractivity contribution in [2.45, 2.75) is 13.5 Å². The summed E-state index contributed by atoms with van der Waals surface area (Å²) in [5, 5.41) is 4.08. The van der Waals surface area contributed by atoms with Gasteiger partial charge < -0.3 is 10.6 Å². The Bertz CT molecular complexity index is 231. The number of rotatable bonds is 4. The second-order valence-electron chi connectivity index (χ2n) is 2.90. The molecule has 0 aliphatic carbocycles. The van der Waals surface area contributed by atoms with Crippen molar-refractivity contribution in [1.29, 1.82) is 0 Å². The van der Waals surface area contributed by atoms with E-state index in [9.17, 15) is 0 Å². The Morgan fingerprint density at radius 2 is 2.42 bits per heavy atom. The van der Waals surface area contributed by atoms with Crippen LogP contribution in [-0.4, -0.2) is 34.8 Å². The Balaban J connectivity index is 2.33. The molecule has 0 radical (unpaired) electrons. The average molecular weight is 168 g/mol. The number of nitrogen functional groups attached to an aromatic ring is 1. The SMILES string of the molecule is CCN(C)CCn1ccc(N)n1. The van der Waals surface area contributed by atoms with Crippen molar-refractivity contribution in [3.8, 4) is 0 Å². The molecule has 1 heterocycles. The van der Waals surface area contributed by atoms with Crippen LogP contribution in [0.3, 0.4) is 0 Å². The molecule has 12 heavy (non-hydrogen) atoms. The molecule has 1 aromatic rings. The standard InChI is InChI=1S/C8H16N4/c1-3-11(2)6-7-12-5-4-8(9)10-12/h4-5H,3,6-7H2,1-2H3,(H2,9,10). The van der Waals surface area contributed by atoms with E-state index in [1.54, 1.807) is 0 Å². The highest BCUT2D eigenvalue weighted by molar-refractivity contribution is 5.23. The summed E-state index contributed by atoms with van der Waals surface area (Å²) in [5.41, 5.74) is 5.47. The van der Waals surface area contributed by atoms with Crippen LogP contribution in [0.15, 0.2) is 12.3 Å². The van der Waals surface area contributed by atoms with Crippen molar-refractivity contribution in [1.82, 2.24) is 14.7 Å². The van der Waals surface area contributed by atoms with Gasteiger partial charge in [0.05, 0.1) is 6.54 Å². The van der Waals surface area contributed by atoms with E-state index >= 15 is 0 Å². The summed E-state index contributed by atoms with van der Waals surface area (Å²) in [6.45, 7) is 5.12. The number of aromatic nitrogens is 2. The molecular formula is C8H16N4. The fraction of sp³-hybridized carbons (Fsp3) is 0.625. The van der Waals surface area contributed by atoms with Crippen LogP contribution in [0.4, 0.5) is 5.82 Å². The van der Waals surface area contributed by atoms with E-state index in [-0.39, 0.29) is 0 Å². The van der Waals surface area contributed by atoms with Crippen LogP contribution in [0.1, 0.15) is 6.92 Å². The van der Waals surface area contributed by atoms with Crippen molar-refractivity contribution in [2.75, 3.05) is 25.9 Å². The molecule has 0 spiro atoms. The molecule has 0 atom stereocenters. The predicted molar refractivity (Wildman–Crippen MR) is 49.8 cm³/mol. The fourth-order valence-corrected chi connectivity index (χ4v) is 0.933. The largest absolute Gasteiger partial charge is 0.382 e. The number of nitrogens with zero attached hydrogens (tertiary/aromatic N) is 3. The highest BCUT2D eigenvalue weighted by Gasteiger charge is 1.96. The molecule has 0 fully saturated rings. The normalized spacial score (nSPS) is 10.9. The van der Waals surface area contributed by atoms with Crippen molar-refractivity contribution < 1.29 is 0 Å². The highest BCUT2D eigenvalue weighted by Crippen LogP contribution is 1.95. The number of likely N-dealkylation sites (N-methyl/N-ethyl adjacent to an activating group) is 1. The van der Waals surface area contributed by atoms with Crippen LogP contribution in [0, 0.1) is 0 Å². The van der Waals surface area contributed by atoms with Gasteiger partial charge in [0.2, 0.25) is 0 Å². The molecule has 0 amide bonds. The molecule has 0 unspecified atom stereocenters. The Morgan fingerprint density at radius 3 is 2.92 bits per heavy atom. The first-order valence-electron chi connectivity index (χ1n) is 4.20. The highest BCUT2D eigenvalue weighted by atomic mass is 15.3. The summed E-state index contributed by atoms with van der Waals surface area (Å²) in [4.78, 5) is 2.23. The van der Waals surface area contributed by atoms with E-state index in [0.717, 1.165) is 19.6 Å². The first-order valence-corrected chi connectivity index (χ1v) is 4.20. The number of hydrogen-bond acceptors (Lipinski definition) is 3. The lowest BCUT2D eigenvalue weighted by atomic mass is 10.5. The number of hydrogen-bond donors (Lipinski definition) is 1. The van der Waals surface area contributed by atoms with Gasteiger partial charge in [0.25, 0.3) is 0 Å². The van der Waals surface area contributed by atoms with E-state index in [1.807, 2.05) is 16.9 Å². The zero-order valence-electron chi connectivity index (χ0n) is 7.70. The predicted octanol–water partition coefficient (Wildman–Crippen LogP) is 0.417. The van der Waals surface area contributed by atoms with Crippen LogP contribution >= 0.6 is 0 Å². The lowest BCUT2D eigenvalue weighted by Gasteiger charge is -2.12. The van der Waals surface area contributed by atoms with Crippen LogP contribution in [0.5, 0.6) is 0 Å². The van der Waals surface area contributed by atoms with E-state index in [2.05, 4.69) is 24.0 Å². The summed E-state index contributed by atoms with van der Waals surface area (Å²) < 4.78 is 1.86. The minimum atomic E-state index is 0.592. The lowest BCUT2D eigenvalue weighted by Crippen LogP contribution is -2.22. The molecule has 68 valence electrons. The van der Waals surface area contributed by atoms with Crippen LogP contribution in [-0.2, 0) is 6.54 Å². The van der Waals surface area contributed by atoms with Crippen molar-refractivity contribution in [3.05, 3.63) is 12.3 Å². The number of nitrogens with two attached hydrogens (primary N) is 1. The molecule has 2 N–H and O–H groups in total. The fourth-order valence-electron chi connectivity index (χ4n) is 0.933. The summed E-state index contributed by atoms with van der Waals surface area (Å²) >= 11 is 0. The van der Waals surface area contributed by atoms with Gasteiger partial charge in [-0.2, -0.15) is 5.10 Å². The Hall–Kier alpha value is -1.03. The first-order chi connectivity index (χ1) is 5.72. The van der Waals surface area contributed by atoms with E-state index in [0.29, 0.717) is 5.82 Å². The van der Waals surface area contributed by atoms with Gasteiger partial charge in [0.1, 0.15) is 5.82 Å². The zero-order valence-corrected chi connectivity index (χ0v) is 7.70. The topological polar surface area (TPSA) is 47.1 Å². The Labute approximate surface area is 73.0 Å². The smallest absolute Gasteiger partial charge is 0.145 e. The monoisotopic (exact) mass is 168 g/mol. The van der Waals surface area contributed by atoms with Gasteiger partial charge in [-0.1, -0.05) is 6.92 Å². The molecule has 4 nitrogen and oxygen atoms in total. The first kappa shape index (κ1) is 9.06. The minimum Gasteiger partial charge on any atom is -0.382 e. The van der Waals surface area contributed by atoms with E-state index < -0.39 is 0 Å². The molecule has 0 aromatic carbocycles. The maximum Gasteiger partial charge on any atom is 0.145 e. The summed E-state index contributed by atoms with van der Waals surface area (Å²) in [5.74, 6) is 0.592. The lowest BCUT2D eigenvalue weighted by molar-refractivity contribution is 0.328. The van der Waals surface area contributed by atoms with E-state index in [1.165, 1.54) is 0 Å². The second kappa shape index (κ2) is 4.11. The summed E-state index contributed by atoms with van der Waals surface area (Å²) in [6, 6.07) is 1.81. The average Bonchev–Trinajstić information content (AvgIpc) is 2.47. The van der Waals surface area contributed by atoms with Gasteiger partial charge in [-0.05, 0) is 19.7 Å². The summed E-state index contributed by atoms with van der Waals surface area (Å²) in [7, 11) is 2.09. The molecule has 4 heteroatoms. The maximum atomic E-state index is 5.47. The maximum absolute atomic E-state index is 5.47. The zero-order chi connectivity index (χ0) is 8.97. The van der Waals surface area contributed by atoms with Crippen molar-refractivity contribution >= 4 is 5.82 Å². The minimum absolute atomic E-state index is 0.592. The molecule has 0 aliphatic rings. The van der Waals surface area contributed by atoms with Crippen molar-refractivity contribution in [2.24, 2.45) is 0 Å². The molecular weight excluding hydrogens is 152 g/mol. The van der Waals surface area contributed by atoms with Gasteiger partial charge in [-0.25, -0.2) is 0 Å². The third-order valence-corrected chi connectivity index (χ3v) is 1.91. The van der Waals surface area contributed by atoms with Gasteiger partial charge in [-0.3, -0.25) is 4.68 Å². The Morgan fingerprint density at radius 1 is 1.67 bits per heavy atom. The quantitative estimate of drug-likeness (QED) is 0.708. The molecule has 0 bridgehead atoms. The molecule has 0 aliphatic heterocycles. The second-order valence-corrected chi connectivity index (χ2v) is 2.90. The van der Waals surface area contributed by atoms with E-state index in [4.69, 9.17) is 5.73 Å². The van der Waals surface area contributed by atoms with Gasteiger partial charge >= 0.3 is 0 Å². The molecule has 0 saturated carbocycles.